The molecule has 0 unspecified atom stereocenters. The first-order valence-corrected chi connectivity index (χ1v) is 15.5. The number of pyridine rings is 1. The molecule has 1 N–H and O–H groups in total. The van der Waals surface area contributed by atoms with Gasteiger partial charge < -0.3 is 24.3 Å². The molecule has 3 heterocycles. The summed E-state index contributed by atoms with van der Waals surface area (Å²) in [5.41, 5.74) is 4.87. The van der Waals surface area contributed by atoms with Crippen molar-refractivity contribution < 1.29 is 19.1 Å². The number of piperazine rings is 1. The molecule has 232 valence electrons. The molecule has 3 aromatic rings. The number of ether oxygens (including phenoxy) is 2. The minimum absolute atomic E-state index is 0.206. The highest BCUT2D eigenvalue weighted by atomic mass is 35.5. The van der Waals surface area contributed by atoms with Gasteiger partial charge in [-0.1, -0.05) is 23.7 Å². The quantitative estimate of drug-likeness (QED) is 0.370. The molecule has 1 saturated carbocycles. The topological polar surface area (TPSA) is 102 Å². The fraction of sp³-hybridized carbons (Fsp3) is 0.455. The molecule has 44 heavy (non-hydrogen) atoms. The van der Waals surface area contributed by atoms with Crippen LogP contribution in [0, 0.1) is 5.92 Å². The summed E-state index contributed by atoms with van der Waals surface area (Å²) in [6.07, 6.45) is 8.79. The summed E-state index contributed by atoms with van der Waals surface area (Å²) >= 11 is 6.66. The Hall–Kier alpha value is -3.89. The van der Waals surface area contributed by atoms with E-state index < -0.39 is 17.7 Å². The molecular formula is C33H39ClN6O4. The lowest BCUT2D eigenvalue weighted by Crippen LogP contribution is -2.51. The van der Waals surface area contributed by atoms with E-state index in [-0.39, 0.29) is 12.1 Å². The van der Waals surface area contributed by atoms with E-state index in [1.165, 1.54) is 0 Å². The van der Waals surface area contributed by atoms with Crippen molar-refractivity contribution in [2.45, 2.75) is 51.3 Å². The first-order valence-electron chi connectivity index (χ1n) is 15.1. The number of amides is 2. The van der Waals surface area contributed by atoms with Gasteiger partial charge in [0, 0.05) is 44.4 Å². The smallest absolute Gasteiger partial charge is 0.410 e. The molecule has 6 rings (SSSR count). The second-order valence-corrected chi connectivity index (χ2v) is 13.2. The lowest BCUT2D eigenvalue weighted by molar-refractivity contribution is 0.0118. The van der Waals surface area contributed by atoms with Crippen LogP contribution in [0.15, 0.2) is 49.1 Å². The molecule has 1 aliphatic heterocycles. The maximum atomic E-state index is 13.2. The van der Waals surface area contributed by atoms with Crippen molar-refractivity contribution in [1.29, 1.82) is 0 Å². The highest BCUT2D eigenvalue weighted by Gasteiger charge is 2.37. The number of alkyl carbamates (subject to hydrolysis) is 1. The van der Waals surface area contributed by atoms with Gasteiger partial charge in [-0.05, 0) is 86.1 Å². The van der Waals surface area contributed by atoms with E-state index in [2.05, 4.69) is 21.3 Å². The molecule has 3 aliphatic rings. The number of halogens is 1. The number of fused-ring (bicyclic) bond motifs is 2. The van der Waals surface area contributed by atoms with E-state index in [1.807, 2.05) is 68.9 Å². The molecule has 11 heteroatoms. The van der Waals surface area contributed by atoms with Gasteiger partial charge in [0.05, 0.1) is 42.6 Å². The Balaban J connectivity index is 1.38. The molecule has 1 aromatic carbocycles. The monoisotopic (exact) mass is 618 g/mol. The molecule has 2 atom stereocenters. The number of imidazole rings is 1. The van der Waals surface area contributed by atoms with Gasteiger partial charge in [0.1, 0.15) is 5.60 Å². The van der Waals surface area contributed by atoms with Gasteiger partial charge >= 0.3 is 12.2 Å². The minimum Gasteiger partial charge on any atom is -0.449 e. The number of hydrogen-bond donors (Lipinski definition) is 1. The first-order chi connectivity index (χ1) is 21.1. The summed E-state index contributed by atoms with van der Waals surface area (Å²) in [5.74, 6) is 0.446. The molecule has 2 amide bonds. The Bertz CT molecular complexity index is 1570. The molecule has 0 spiro atoms. The molecule has 2 fully saturated rings. The number of nitrogens with one attached hydrogen (secondary N) is 1. The Morgan fingerprint density at radius 2 is 1.91 bits per heavy atom. The van der Waals surface area contributed by atoms with Gasteiger partial charge in [-0.15, -0.1) is 0 Å². The van der Waals surface area contributed by atoms with Crippen LogP contribution in [0.1, 0.15) is 73.8 Å². The van der Waals surface area contributed by atoms with Crippen LogP contribution >= 0.6 is 11.6 Å². The summed E-state index contributed by atoms with van der Waals surface area (Å²) in [5, 5.41) is 3.72. The number of carbonyl (C=O) groups excluding carboxylic acids is 2. The van der Waals surface area contributed by atoms with E-state index in [4.69, 9.17) is 26.1 Å². The Morgan fingerprint density at radius 3 is 2.59 bits per heavy atom. The van der Waals surface area contributed by atoms with E-state index in [9.17, 15) is 9.59 Å². The van der Waals surface area contributed by atoms with Crippen LogP contribution in [0.3, 0.4) is 0 Å². The fourth-order valence-electron chi connectivity index (χ4n) is 5.88. The van der Waals surface area contributed by atoms with Gasteiger partial charge in [-0.2, -0.15) is 0 Å². The number of benzene rings is 1. The van der Waals surface area contributed by atoms with E-state index in [0.29, 0.717) is 43.7 Å². The third-order valence-electron chi connectivity index (χ3n) is 8.26. The highest BCUT2D eigenvalue weighted by Crippen LogP contribution is 2.44. The summed E-state index contributed by atoms with van der Waals surface area (Å²) in [6.45, 7) is 8.37. The Morgan fingerprint density at radius 1 is 1.14 bits per heavy atom. The molecular weight excluding hydrogens is 580 g/mol. The van der Waals surface area contributed by atoms with Gasteiger partial charge in [0.2, 0.25) is 0 Å². The zero-order valence-corrected chi connectivity index (χ0v) is 26.4. The van der Waals surface area contributed by atoms with Crippen molar-refractivity contribution in [1.82, 2.24) is 29.7 Å². The summed E-state index contributed by atoms with van der Waals surface area (Å²) in [6, 6.07) is 9.09. The summed E-state index contributed by atoms with van der Waals surface area (Å²) in [4.78, 5) is 39.3. The lowest BCUT2D eigenvalue weighted by atomic mass is 9.90. The Labute approximate surface area is 263 Å². The van der Waals surface area contributed by atoms with E-state index in [1.54, 1.807) is 17.4 Å². The van der Waals surface area contributed by atoms with Crippen LogP contribution < -0.4 is 5.32 Å². The largest absolute Gasteiger partial charge is 0.449 e. The number of carbonyl (C=O) groups is 2. The van der Waals surface area contributed by atoms with Crippen LogP contribution in [0.2, 0.25) is 5.02 Å². The number of aromatic nitrogens is 3. The van der Waals surface area contributed by atoms with Crippen LogP contribution in [0.25, 0.3) is 11.6 Å². The van der Waals surface area contributed by atoms with Gasteiger partial charge in [-0.3, -0.25) is 9.88 Å². The molecule has 0 bridgehead atoms. The SMILES string of the molecule is Cn1cncc1[C@H](NC(=O)OCC1CC1)C1=Cc2cccnc2[C@@H](N2CCN(C(=O)OC(C)(C)C)CC2)c2ccc(Cl)cc21. The fourth-order valence-corrected chi connectivity index (χ4v) is 6.05. The summed E-state index contributed by atoms with van der Waals surface area (Å²) < 4.78 is 13.2. The van der Waals surface area contributed by atoms with Crippen molar-refractivity contribution in [3.8, 4) is 0 Å². The standard InChI is InChI=1S/C33H39ClN6O4/c1-33(2,3)44-32(42)40-14-12-39(13-15-40)30-24-10-9-23(34)17-25(24)26(16-22-6-5-11-36-28(22)30)29(27-18-35-20-38(27)4)37-31(41)43-19-21-7-8-21/h5-6,9-11,16-18,20-21,29-30H,7-8,12-15,19H2,1-4H3,(H,37,41)/t29-,30+/m1/s1. The average molecular weight is 619 g/mol. The zero-order valence-electron chi connectivity index (χ0n) is 25.6. The van der Waals surface area contributed by atoms with Crippen LogP contribution in [-0.2, 0) is 16.5 Å². The molecule has 10 nitrogen and oxygen atoms in total. The van der Waals surface area contributed by atoms with Crippen LogP contribution in [0.4, 0.5) is 9.59 Å². The second kappa shape index (κ2) is 12.2. The maximum Gasteiger partial charge on any atom is 0.410 e. The third-order valence-corrected chi connectivity index (χ3v) is 8.50. The van der Waals surface area contributed by atoms with Crippen molar-refractivity contribution >= 4 is 35.4 Å². The average Bonchev–Trinajstić information content (AvgIpc) is 3.74. The van der Waals surface area contributed by atoms with Gasteiger partial charge in [0.25, 0.3) is 0 Å². The molecule has 2 aromatic heterocycles. The Kier molecular flexibility index (Phi) is 8.39. The van der Waals surface area contributed by atoms with Gasteiger partial charge in [0.15, 0.2) is 0 Å². The lowest BCUT2D eigenvalue weighted by Gasteiger charge is -2.40. The summed E-state index contributed by atoms with van der Waals surface area (Å²) in [7, 11) is 1.91. The normalized spacial score (nSPS) is 19.2. The molecule has 1 saturated heterocycles. The van der Waals surface area contributed by atoms with Crippen molar-refractivity contribution in [2.24, 2.45) is 13.0 Å². The third kappa shape index (κ3) is 6.61. The molecule has 2 aliphatic carbocycles. The molecule has 0 radical (unpaired) electrons. The zero-order chi connectivity index (χ0) is 31.0. The minimum atomic E-state index is -0.567. The van der Waals surface area contributed by atoms with E-state index >= 15 is 0 Å². The maximum absolute atomic E-state index is 13.2. The van der Waals surface area contributed by atoms with E-state index in [0.717, 1.165) is 46.5 Å². The van der Waals surface area contributed by atoms with Crippen molar-refractivity contribution in [3.05, 3.63) is 82.2 Å². The second-order valence-electron chi connectivity index (χ2n) is 12.8. The first kappa shape index (κ1) is 30.1. The number of nitrogens with zero attached hydrogens (tertiary/aromatic N) is 5. The van der Waals surface area contributed by atoms with Crippen molar-refractivity contribution in [2.75, 3.05) is 32.8 Å². The number of aryl methyl sites for hydroxylation is 1. The van der Waals surface area contributed by atoms with Crippen LogP contribution in [-0.4, -0.2) is 74.9 Å². The van der Waals surface area contributed by atoms with Gasteiger partial charge in [-0.25, -0.2) is 14.6 Å². The predicted octanol–water partition coefficient (Wildman–Crippen LogP) is 5.84. The predicted molar refractivity (Wildman–Crippen MR) is 168 cm³/mol. The van der Waals surface area contributed by atoms with Crippen LogP contribution in [0.5, 0.6) is 0 Å². The van der Waals surface area contributed by atoms with Crippen molar-refractivity contribution in [3.63, 3.8) is 0 Å². The highest BCUT2D eigenvalue weighted by molar-refractivity contribution is 6.30. The number of rotatable bonds is 6. The number of hydrogen-bond acceptors (Lipinski definition) is 7.